The lowest BCUT2D eigenvalue weighted by Gasteiger charge is -2.23. The van der Waals surface area contributed by atoms with Gasteiger partial charge < -0.3 is 28.8 Å². The van der Waals surface area contributed by atoms with Crippen molar-refractivity contribution in [3.63, 3.8) is 0 Å². The second-order valence-electron chi connectivity index (χ2n) is 8.95. The summed E-state index contributed by atoms with van der Waals surface area (Å²) in [4.78, 5) is 30.3. The van der Waals surface area contributed by atoms with E-state index >= 15 is 0 Å². The summed E-state index contributed by atoms with van der Waals surface area (Å²) in [5.41, 5.74) is 5.36. The normalized spacial score (nSPS) is 12.9. The Morgan fingerprint density at radius 2 is 1.77 bits per heavy atom. The number of ether oxygens (including phenoxy) is 4. The predicted octanol–water partition coefficient (Wildman–Crippen LogP) is 4.77. The molecule has 0 saturated carbocycles. The van der Waals surface area contributed by atoms with Crippen LogP contribution in [0.25, 0.3) is 33.1 Å². The average molecular weight is 527 g/mol. The van der Waals surface area contributed by atoms with E-state index < -0.39 is 6.09 Å². The topological polar surface area (TPSA) is 124 Å². The summed E-state index contributed by atoms with van der Waals surface area (Å²) < 4.78 is 21.7. The molecule has 11 nitrogen and oxygen atoms in total. The van der Waals surface area contributed by atoms with E-state index in [1.165, 1.54) is 7.11 Å². The van der Waals surface area contributed by atoms with E-state index in [4.69, 9.17) is 14.2 Å². The lowest BCUT2D eigenvalue weighted by Crippen LogP contribution is -2.26. The highest BCUT2D eigenvalue weighted by Crippen LogP contribution is 2.37. The van der Waals surface area contributed by atoms with Crippen LogP contribution in [0.3, 0.4) is 0 Å². The van der Waals surface area contributed by atoms with E-state index in [9.17, 15) is 4.79 Å². The molecule has 1 aliphatic rings. The third-order valence-corrected chi connectivity index (χ3v) is 6.68. The molecule has 6 rings (SSSR count). The standard InChI is InChI=1S/C28H26N6O5/c1-36-24-12-19-21(13-25(24)37-2)29-15-30-26(19)34-8-9-39-23-7-5-16(10-18(23)14-34)17-4-6-20-22(11-17)32-27(31-20)33-28(35)38-3/h4-7,10-13,15H,8-9,14H2,1-3H3,(H2,31,32,33,35). The lowest BCUT2D eigenvalue weighted by molar-refractivity contribution is 0.186. The molecule has 0 unspecified atom stereocenters. The number of nitrogens with one attached hydrogen (secondary N) is 2. The fourth-order valence-corrected chi connectivity index (χ4v) is 4.77. The zero-order chi connectivity index (χ0) is 26.9. The van der Waals surface area contributed by atoms with E-state index in [0.29, 0.717) is 37.1 Å². The first-order valence-electron chi connectivity index (χ1n) is 12.3. The van der Waals surface area contributed by atoms with Crippen molar-refractivity contribution in [3.8, 4) is 28.4 Å². The minimum atomic E-state index is -0.585. The first-order chi connectivity index (χ1) is 19.1. The van der Waals surface area contributed by atoms with Gasteiger partial charge in [-0.3, -0.25) is 5.32 Å². The number of methoxy groups -OCH3 is 3. The van der Waals surface area contributed by atoms with Crippen LogP contribution in [-0.2, 0) is 11.3 Å². The molecule has 0 atom stereocenters. The maximum Gasteiger partial charge on any atom is 0.413 e. The summed E-state index contributed by atoms with van der Waals surface area (Å²) in [6, 6.07) is 15.9. The van der Waals surface area contributed by atoms with Gasteiger partial charge in [0.2, 0.25) is 5.95 Å². The largest absolute Gasteiger partial charge is 0.493 e. The van der Waals surface area contributed by atoms with E-state index in [1.54, 1.807) is 20.5 Å². The number of hydrogen-bond donors (Lipinski definition) is 2. The van der Waals surface area contributed by atoms with Crippen molar-refractivity contribution in [2.75, 3.05) is 44.7 Å². The number of imidazole rings is 1. The number of aromatic nitrogens is 4. The molecule has 0 saturated heterocycles. The molecule has 5 aromatic rings. The number of H-pyrrole nitrogens is 1. The molecule has 3 aromatic carbocycles. The summed E-state index contributed by atoms with van der Waals surface area (Å²) >= 11 is 0. The molecule has 39 heavy (non-hydrogen) atoms. The van der Waals surface area contributed by atoms with Crippen LogP contribution in [0.2, 0.25) is 0 Å². The summed E-state index contributed by atoms with van der Waals surface area (Å²) in [5, 5.41) is 3.43. The summed E-state index contributed by atoms with van der Waals surface area (Å²) in [6.45, 7) is 1.77. The smallest absolute Gasteiger partial charge is 0.413 e. The molecule has 1 aliphatic heterocycles. The van der Waals surface area contributed by atoms with Crippen LogP contribution < -0.4 is 24.4 Å². The van der Waals surface area contributed by atoms with Gasteiger partial charge in [-0.2, -0.15) is 0 Å². The third-order valence-electron chi connectivity index (χ3n) is 6.68. The van der Waals surface area contributed by atoms with Gasteiger partial charge in [0, 0.05) is 23.6 Å². The quantitative estimate of drug-likeness (QED) is 0.333. The molecule has 2 N–H and O–H groups in total. The zero-order valence-corrected chi connectivity index (χ0v) is 21.6. The molecule has 0 bridgehead atoms. The number of carbonyl (C=O) groups excluding carboxylic acids is 1. The lowest BCUT2D eigenvalue weighted by atomic mass is 10.0. The highest BCUT2D eigenvalue weighted by atomic mass is 16.5. The van der Waals surface area contributed by atoms with Crippen molar-refractivity contribution in [3.05, 3.63) is 60.4 Å². The molecular formula is C28H26N6O5. The van der Waals surface area contributed by atoms with Crippen LogP contribution in [0.1, 0.15) is 5.56 Å². The van der Waals surface area contributed by atoms with Crippen molar-refractivity contribution in [1.29, 1.82) is 0 Å². The maximum atomic E-state index is 11.5. The van der Waals surface area contributed by atoms with Crippen LogP contribution in [0, 0.1) is 0 Å². The molecular weight excluding hydrogens is 500 g/mol. The van der Waals surface area contributed by atoms with E-state index in [2.05, 4.69) is 41.0 Å². The van der Waals surface area contributed by atoms with Crippen LogP contribution >= 0.6 is 0 Å². The molecule has 198 valence electrons. The van der Waals surface area contributed by atoms with Crippen LogP contribution in [-0.4, -0.2) is 60.5 Å². The SMILES string of the molecule is COC(=O)Nc1nc2ccc(-c3ccc4c(c3)CN(c3ncnc5cc(OC)c(OC)cc35)CCO4)cc2[nH]1. The Bertz CT molecular complexity index is 1700. The first kappa shape index (κ1) is 24.3. The van der Waals surface area contributed by atoms with Crippen molar-refractivity contribution >= 4 is 39.8 Å². The molecule has 0 aliphatic carbocycles. The van der Waals surface area contributed by atoms with Crippen molar-refractivity contribution in [1.82, 2.24) is 19.9 Å². The van der Waals surface area contributed by atoms with E-state index in [1.807, 2.05) is 42.5 Å². The molecule has 0 spiro atoms. The van der Waals surface area contributed by atoms with Gasteiger partial charge in [-0.1, -0.05) is 12.1 Å². The Morgan fingerprint density at radius 1 is 0.974 bits per heavy atom. The molecule has 0 fully saturated rings. The molecule has 11 heteroatoms. The second-order valence-corrected chi connectivity index (χ2v) is 8.95. The number of benzene rings is 3. The number of rotatable bonds is 5. The summed E-state index contributed by atoms with van der Waals surface area (Å²) in [6.07, 6.45) is 0.980. The number of fused-ring (bicyclic) bond motifs is 3. The first-order valence-corrected chi connectivity index (χ1v) is 12.3. The summed E-state index contributed by atoms with van der Waals surface area (Å²) in [5.74, 6) is 3.20. The van der Waals surface area contributed by atoms with Gasteiger partial charge in [0.05, 0.1) is 44.4 Å². The van der Waals surface area contributed by atoms with E-state index in [-0.39, 0.29) is 0 Å². The number of anilines is 2. The van der Waals surface area contributed by atoms with Gasteiger partial charge in [-0.25, -0.2) is 19.7 Å². The molecule has 2 aromatic heterocycles. The Kier molecular flexibility index (Phi) is 6.23. The number of hydrogen-bond acceptors (Lipinski definition) is 9. The van der Waals surface area contributed by atoms with Gasteiger partial charge in [0.25, 0.3) is 0 Å². The average Bonchev–Trinajstić information content (AvgIpc) is 3.24. The zero-order valence-electron chi connectivity index (χ0n) is 21.6. The highest BCUT2D eigenvalue weighted by molar-refractivity contribution is 5.92. The Labute approximate surface area is 223 Å². The van der Waals surface area contributed by atoms with Gasteiger partial charge in [-0.15, -0.1) is 0 Å². The van der Waals surface area contributed by atoms with Gasteiger partial charge >= 0.3 is 6.09 Å². The molecule has 3 heterocycles. The number of amides is 1. The van der Waals surface area contributed by atoms with Gasteiger partial charge in [0.1, 0.15) is 24.5 Å². The minimum absolute atomic E-state index is 0.325. The third kappa shape index (κ3) is 4.58. The van der Waals surface area contributed by atoms with Crippen molar-refractivity contribution < 1.29 is 23.7 Å². The van der Waals surface area contributed by atoms with Crippen LogP contribution in [0.5, 0.6) is 17.2 Å². The maximum absolute atomic E-state index is 11.5. The fraction of sp³-hybridized carbons (Fsp3) is 0.214. The number of aromatic amines is 1. The monoisotopic (exact) mass is 526 g/mol. The number of nitrogens with zero attached hydrogens (tertiary/aromatic N) is 4. The highest BCUT2D eigenvalue weighted by Gasteiger charge is 2.21. The van der Waals surface area contributed by atoms with Crippen molar-refractivity contribution in [2.45, 2.75) is 6.54 Å². The van der Waals surface area contributed by atoms with Crippen molar-refractivity contribution in [2.24, 2.45) is 0 Å². The van der Waals surface area contributed by atoms with Gasteiger partial charge in [-0.05, 0) is 41.5 Å². The second kappa shape index (κ2) is 10.0. The summed E-state index contributed by atoms with van der Waals surface area (Å²) in [7, 11) is 4.52. The minimum Gasteiger partial charge on any atom is -0.493 e. The van der Waals surface area contributed by atoms with Crippen LogP contribution in [0.4, 0.5) is 16.6 Å². The van der Waals surface area contributed by atoms with E-state index in [0.717, 1.165) is 50.2 Å². The van der Waals surface area contributed by atoms with Gasteiger partial charge in [0.15, 0.2) is 11.5 Å². The molecule has 0 radical (unpaired) electrons. The Balaban J connectivity index is 1.34. The molecule has 1 amide bonds. The number of carbonyl (C=O) groups is 1. The Morgan fingerprint density at radius 3 is 2.59 bits per heavy atom. The van der Waals surface area contributed by atoms with Crippen LogP contribution in [0.15, 0.2) is 54.9 Å². The predicted molar refractivity (Wildman–Crippen MR) is 147 cm³/mol. The Hall–Kier alpha value is -5.06. The fourth-order valence-electron chi connectivity index (χ4n) is 4.77.